The van der Waals surface area contributed by atoms with Gasteiger partial charge in [0.05, 0.1) is 11.4 Å². The lowest BCUT2D eigenvalue weighted by molar-refractivity contribution is -0.113. The minimum absolute atomic E-state index is 0.00849. The number of thioether (sulfide) groups is 1. The molecule has 2 aromatic carbocycles. The molecule has 1 aliphatic heterocycles. The topological polar surface area (TPSA) is 49.4 Å². The van der Waals surface area contributed by atoms with Crippen molar-refractivity contribution in [3.63, 3.8) is 0 Å². The van der Waals surface area contributed by atoms with Crippen LogP contribution in [0, 0.1) is 0 Å². The number of amides is 2. The summed E-state index contributed by atoms with van der Waals surface area (Å²) in [5, 5.41) is 2.86. The molecule has 1 N–H and O–H groups in total. The van der Waals surface area contributed by atoms with E-state index in [1.54, 1.807) is 6.07 Å². The van der Waals surface area contributed by atoms with E-state index >= 15 is 0 Å². The van der Waals surface area contributed by atoms with Gasteiger partial charge in [0.1, 0.15) is 0 Å². The maximum absolute atomic E-state index is 13.1. The zero-order valence-corrected chi connectivity index (χ0v) is 15.3. The molecule has 130 valence electrons. The summed E-state index contributed by atoms with van der Waals surface area (Å²) in [6.07, 6.45) is 0.885. The van der Waals surface area contributed by atoms with E-state index in [0.29, 0.717) is 17.9 Å². The fourth-order valence-electron chi connectivity index (χ4n) is 2.81. The Morgan fingerprint density at radius 1 is 1.24 bits per heavy atom. The van der Waals surface area contributed by atoms with Gasteiger partial charge in [0.25, 0.3) is 5.91 Å². The standard InChI is InChI=1S/C20H22N2O2S/c1-3-14(2)22(12-15-7-5-4-6-8-15)20(24)16-9-10-18-17(11-16)21-19(23)13-25-18/h4-11,14H,3,12-13H2,1-2H3,(H,21,23). The second kappa shape index (κ2) is 7.74. The fraction of sp³-hybridized carbons (Fsp3) is 0.300. The first kappa shape index (κ1) is 17.5. The molecule has 1 unspecified atom stereocenters. The van der Waals surface area contributed by atoms with Gasteiger partial charge in [-0.2, -0.15) is 0 Å². The van der Waals surface area contributed by atoms with Crippen molar-refractivity contribution in [3.05, 3.63) is 59.7 Å². The summed E-state index contributed by atoms with van der Waals surface area (Å²) >= 11 is 1.50. The second-order valence-electron chi connectivity index (χ2n) is 6.22. The summed E-state index contributed by atoms with van der Waals surface area (Å²) in [6.45, 7) is 4.73. The van der Waals surface area contributed by atoms with Crippen LogP contribution in [0.5, 0.6) is 0 Å². The summed E-state index contributed by atoms with van der Waals surface area (Å²) in [5.41, 5.74) is 2.45. The van der Waals surface area contributed by atoms with Gasteiger partial charge in [-0.05, 0) is 37.1 Å². The Labute approximate surface area is 152 Å². The molecule has 5 heteroatoms. The number of hydrogen-bond acceptors (Lipinski definition) is 3. The quantitative estimate of drug-likeness (QED) is 0.877. The molecule has 1 heterocycles. The van der Waals surface area contributed by atoms with Crippen LogP contribution in [0.2, 0.25) is 0 Å². The normalized spacial score (nSPS) is 14.4. The number of benzene rings is 2. The molecule has 2 aromatic rings. The Morgan fingerprint density at radius 3 is 2.72 bits per heavy atom. The van der Waals surface area contributed by atoms with Crippen molar-refractivity contribution in [3.8, 4) is 0 Å². The van der Waals surface area contributed by atoms with E-state index < -0.39 is 0 Å². The first-order valence-corrected chi connectivity index (χ1v) is 9.48. The average molecular weight is 354 g/mol. The van der Waals surface area contributed by atoms with Gasteiger partial charge >= 0.3 is 0 Å². The van der Waals surface area contributed by atoms with Gasteiger partial charge in [0.15, 0.2) is 0 Å². The first-order valence-electron chi connectivity index (χ1n) is 8.50. The average Bonchev–Trinajstić information content (AvgIpc) is 2.65. The highest BCUT2D eigenvalue weighted by molar-refractivity contribution is 8.00. The molecule has 0 saturated carbocycles. The summed E-state index contributed by atoms with van der Waals surface area (Å²) in [4.78, 5) is 27.6. The van der Waals surface area contributed by atoms with Crippen LogP contribution in [0.25, 0.3) is 0 Å². The number of rotatable bonds is 5. The third-order valence-electron chi connectivity index (χ3n) is 4.44. The largest absolute Gasteiger partial charge is 0.332 e. The van der Waals surface area contributed by atoms with Crippen molar-refractivity contribution < 1.29 is 9.59 Å². The van der Waals surface area contributed by atoms with Gasteiger partial charge in [-0.25, -0.2) is 0 Å². The van der Waals surface area contributed by atoms with E-state index in [1.807, 2.05) is 47.4 Å². The van der Waals surface area contributed by atoms with Crippen molar-refractivity contribution in [2.45, 2.75) is 37.8 Å². The molecule has 0 aromatic heterocycles. The minimum Gasteiger partial charge on any atom is -0.332 e. The van der Waals surface area contributed by atoms with Crippen molar-refractivity contribution in [1.82, 2.24) is 4.90 Å². The van der Waals surface area contributed by atoms with E-state index in [0.717, 1.165) is 22.6 Å². The van der Waals surface area contributed by atoms with Crippen LogP contribution < -0.4 is 5.32 Å². The van der Waals surface area contributed by atoms with Gasteiger partial charge in [-0.15, -0.1) is 11.8 Å². The van der Waals surface area contributed by atoms with Gasteiger partial charge in [0, 0.05) is 23.0 Å². The lowest BCUT2D eigenvalue weighted by Crippen LogP contribution is -2.37. The summed E-state index contributed by atoms with van der Waals surface area (Å²) in [5.74, 6) is 0.392. The molecule has 1 atom stereocenters. The van der Waals surface area contributed by atoms with E-state index in [1.165, 1.54) is 11.8 Å². The van der Waals surface area contributed by atoms with Crippen LogP contribution in [0.4, 0.5) is 5.69 Å². The summed E-state index contributed by atoms with van der Waals surface area (Å²) < 4.78 is 0. The third-order valence-corrected chi connectivity index (χ3v) is 5.51. The molecule has 0 aliphatic carbocycles. The predicted octanol–water partition coefficient (Wildman–Crippen LogP) is 4.17. The lowest BCUT2D eigenvalue weighted by atomic mass is 10.1. The van der Waals surface area contributed by atoms with Gasteiger partial charge in [-0.3, -0.25) is 9.59 Å². The van der Waals surface area contributed by atoms with Crippen molar-refractivity contribution in [1.29, 1.82) is 0 Å². The molecular weight excluding hydrogens is 332 g/mol. The number of anilines is 1. The number of nitrogens with zero attached hydrogens (tertiary/aromatic N) is 1. The Kier molecular flexibility index (Phi) is 5.43. The highest BCUT2D eigenvalue weighted by Crippen LogP contribution is 2.32. The Bertz CT molecular complexity index is 777. The zero-order valence-electron chi connectivity index (χ0n) is 14.5. The lowest BCUT2D eigenvalue weighted by Gasteiger charge is -2.29. The molecule has 0 saturated heterocycles. The van der Waals surface area contributed by atoms with Crippen LogP contribution in [-0.4, -0.2) is 28.5 Å². The van der Waals surface area contributed by atoms with Gasteiger partial charge < -0.3 is 10.2 Å². The SMILES string of the molecule is CCC(C)N(Cc1ccccc1)C(=O)c1ccc2c(c1)NC(=O)CS2. The van der Waals surface area contributed by atoms with Gasteiger partial charge in [0.2, 0.25) is 5.91 Å². The smallest absolute Gasteiger partial charge is 0.254 e. The van der Waals surface area contributed by atoms with E-state index in [-0.39, 0.29) is 17.9 Å². The maximum Gasteiger partial charge on any atom is 0.254 e. The van der Waals surface area contributed by atoms with Crippen LogP contribution in [0.3, 0.4) is 0 Å². The molecule has 3 rings (SSSR count). The fourth-order valence-corrected chi connectivity index (χ4v) is 3.60. The Balaban J connectivity index is 1.87. The monoisotopic (exact) mass is 354 g/mol. The maximum atomic E-state index is 13.1. The van der Waals surface area contributed by atoms with E-state index in [9.17, 15) is 9.59 Å². The summed E-state index contributed by atoms with van der Waals surface area (Å²) in [7, 11) is 0. The number of hydrogen-bond donors (Lipinski definition) is 1. The minimum atomic E-state index is -0.0230. The molecule has 0 radical (unpaired) electrons. The number of carbonyl (C=O) groups is 2. The van der Waals surface area contributed by atoms with Crippen molar-refractivity contribution >= 4 is 29.3 Å². The number of nitrogens with one attached hydrogen (secondary N) is 1. The molecular formula is C20H22N2O2S. The molecule has 0 spiro atoms. The highest BCUT2D eigenvalue weighted by Gasteiger charge is 2.23. The first-order chi connectivity index (χ1) is 12.1. The zero-order chi connectivity index (χ0) is 17.8. The van der Waals surface area contributed by atoms with Crippen molar-refractivity contribution in [2.75, 3.05) is 11.1 Å². The van der Waals surface area contributed by atoms with Crippen molar-refractivity contribution in [2.24, 2.45) is 0 Å². The molecule has 0 bridgehead atoms. The Morgan fingerprint density at radius 2 is 2.00 bits per heavy atom. The summed E-state index contributed by atoms with van der Waals surface area (Å²) in [6, 6.07) is 15.7. The van der Waals surface area contributed by atoms with Crippen LogP contribution in [0.15, 0.2) is 53.4 Å². The third kappa shape index (κ3) is 4.04. The predicted molar refractivity (Wildman–Crippen MR) is 102 cm³/mol. The Hall–Kier alpha value is -2.27. The molecule has 0 fully saturated rings. The van der Waals surface area contributed by atoms with Crippen LogP contribution in [0.1, 0.15) is 36.2 Å². The molecule has 4 nitrogen and oxygen atoms in total. The van der Waals surface area contributed by atoms with E-state index in [2.05, 4.69) is 19.2 Å². The van der Waals surface area contributed by atoms with E-state index in [4.69, 9.17) is 0 Å². The van der Waals surface area contributed by atoms with Gasteiger partial charge in [-0.1, -0.05) is 37.3 Å². The second-order valence-corrected chi connectivity index (χ2v) is 7.24. The van der Waals surface area contributed by atoms with Crippen LogP contribution in [-0.2, 0) is 11.3 Å². The molecule has 1 aliphatic rings. The number of fused-ring (bicyclic) bond motifs is 1. The molecule has 25 heavy (non-hydrogen) atoms. The highest BCUT2D eigenvalue weighted by atomic mass is 32.2. The molecule has 2 amide bonds. The number of carbonyl (C=O) groups excluding carboxylic acids is 2. The van der Waals surface area contributed by atoms with Crippen LogP contribution >= 0.6 is 11.8 Å².